The third-order valence-corrected chi connectivity index (χ3v) is 4.47. The smallest absolute Gasteiger partial charge is 0.232 e. The van der Waals surface area contributed by atoms with Gasteiger partial charge in [-0.25, -0.2) is 4.98 Å². The molecule has 0 spiro atoms. The van der Waals surface area contributed by atoms with Crippen LogP contribution in [-0.4, -0.2) is 22.7 Å². The first-order valence-electron chi connectivity index (χ1n) is 7.19. The lowest BCUT2D eigenvalue weighted by molar-refractivity contribution is -0.120. The standard InChI is InChI=1S/C16H19ClN2O2S/c1-3-8-18-15(20)11(2)22-10-14-9-21-16(19-14)12-4-6-13(17)7-5-12/h4-7,9,11H,3,8,10H2,1-2H3,(H,18,20)/t11-/m1/s1. The van der Waals surface area contributed by atoms with Gasteiger partial charge in [0.2, 0.25) is 11.8 Å². The summed E-state index contributed by atoms with van der Waals surface area (Å²) in [5, 5.41) is 3.46. The molecule has 1 aromatic carbocycles. The number of benzene rings is 1. The molecule has 118 valence electrons. The first kappa shape index (κ1) is 16.9. The van der Waals surface area contributed by atoms with E-state index in [2.05, 4.69) is 10.3 Å². The van der Waals surface area contributed by atoms with Gasteiger partial charge in [-0.15, -0.1) is 11.8 Å². The van der Waals surface area contributed by atoms with Crippen LogP contribution in [0.4, 0.5) is 0 Å². The van der Waals surface area contributed by atoms with Crippen molar-refractivity contribution in [2.75, 3.05) is 6.54 Å². The number of aromatic nitrogens is 1. The zero-order valence-corrected chi connectivity index (χ0v) is 14.2. The minimum absolute atomic E-state index is 0.0632. The van der Waals surface area contributed by atoms with Crippen molar-refractivity contribution in [1.29, 1.82) is 0 Å². The Morgan fingerprint density at radius 3 is 2.82 bits per heavy atom. The lowest BCUT2D eigenvalue weighted by atomic mass is 10.2. The van der Waals surface area contributed by atoms with Crippen LogP contribution in [-0.2, 0) is 10.5 Å². The number of nitrogens with one attached hydrogen (secondary N) is 1. The molecule has 1 atom stereocenters. The van der Waals surface area contributed by atoms with Crippen molar-refractivity contribution in [3.05, 3.63) is 41.2 Å². The van der Waals surface area contributed by atoms with Crippen LogP contribution in [0.25, 0.3) is 11.5 Å². The van der Waals surface area contributed by atoms with Crippen molar-refractivity contribution in [3.8, 4) is 11.5 Å². The molecule has 0 aliphatic rings. The van der Waals surface area contributed by atoms with E-state index in [1.54, 1.807) is 30.2 Å². The molecule has 0 aliphatic carbocycles. The van der Waals surface area contributed by atoms with Crippen molar-refractivity contribution in [1.82, 2.24) is 10.3 Å². The fraction of sp³-hybridized carbons (Fsp3) is 0.375. The minimum atomic E-state index is -0.109. The highest BCUT2D eigenvalue weighted by Gasteiger charge is 2.14. The Kier molecular flexibility index (Phi) is 6.34. The summed E-state index contributed by atoms with van der Waals surface area (Å²) in [6.07, 6.45) is 2.57. The molecule has 1 heterocycles. The number of nitrogens with zero attached hydrogens (tertiary/aromatic N) is 1. The topological polar surface area (TPSA) is 55.1 Å². The van der Waals surface area contributed by atoms with Crippen molar-refractivity contribution < 1.29 is 9.21 Å². The van der Waals surface area contributed by atoms with Gasteiger partial charge in [0.15, 0.2) is 0 Å². The van der Waals surface area contributed by atoms with Crippen molar-refractivity contribution in [3.63, 3.8) is 0 Å². The van der Waals surface area contributed by atoms with Crippen LogP contribution < -0.4 is 5.32 Å². The Hall–Kier alpha value is -1.46. The number of halogens is 1. The third-order valence-electron chi connectivity index (χ3n) is 3.04. The van der Waals surface area contributed by atoms with Gasteiger partial charge >= 0.3 is 0 Å². The van der Waals surface area contributed by atoms with E-state index in [1.807, 2.05) is 26.0 Å². The first-order chi connectivity index (χ1) is 10.6. The van der Waals surface area contributed by atoms with Gasteiger partial charge < -0.3 is 9.73 Å². The summed E-state index contributed by atoms with van der Waals surface area (Å²) in [6.45, 7) is 4.65. The average molecular weight is 339 g/mol. The maximum absolute atomic E-state index is 11.8. The van der Waals surface area contributed by atoms with Crippen LogP contribution in [0.15, 0.2) is 34.9 Å². The van der Waals surface area contributed by atoms with Crippen LogP contribution in [0.5, 0.6) is 0 Å². The quantitative estimate of drug-likeness (QED) is 0.824. The highest BCUT2D eigenvalue weighted by atomic mass is 35.5. The minimum Gasteiger partial charge on any atom is -0.444 e. The maximum atomic E-state index is 11.8. The molecular formula is C16H19ClN2O2S. The van der Waals surface area contributed by atoms with E-state index >= 15 is 0 Å². The first-order valence-corrected chi connectivity index (χ1v) is 8.62. The van der Waals surface area contributed by atoms with Gasteiger partial charge in [0.1, 0.15) is 6.26 Å². The van der Waals surface area contributed by atoms with Crippen molar-refractivity contribution >= 4 is 29.3 Å². The predicted octanol–water partition coefficient (Wildman–Crippen LogP) is 4.14. The second kappa shape index (κ2) is 8.25. The molecule has 1 N–H and O–H groups in total. The Bertz CT molecular complexity index is 613. The largest absolute Gasteiger partial charge is 0.444 e. The van der Waals surface area contributed by atoms with E-state index in [4.69, 9.17) is 16.0 Å². The van der Waals surface area contributed by atoms with Gasteiger partial charge in [0.05, 0.1) is 10.9 Å². The molecular weight excluding hydrogens is 320 g/mol. The molecule has 0 unspecified atom stereocenters. The number of hydrogen-bond donors (Lipinski definition) is 1. The average Bonchev–Trinajstić information content (AvgIpc) is 2.99. The molecule has 6 heteroatoms. The molecule has 0 radical (unpaired) electrons. The van der Waals surface area contributed by atoms with E-state index in [0.717, 1.165) is 17.7 Å². The van der Waals surface area contributed by atoms with E-state index in [0.29, 0.717) is 23.2 Å². The SMILES string of the molecule is CCCNC(=O)[C@@H](C)SCc1coc(-c2ccc(Cl)cc2)n1. The summed E-state index contributed by atoms with van der Waals surface area (Å²) < 4.78 is 5.48. The third kappa shape index (κ3) is 4.78. The number of hydrogen-bond acceptors (Lipinski definition) is 4. The van der Waals surface area contributed by atoms with Gasteiger partial charge in [0.25, 0.3) is 0 Å². The summed E-state index contributed by atoms with van der Waals surface area (Å²) in [5.74, 6) is 1.27. The lowest BCUT2D eigenvalue weighted by Crippen LogP contribution is -2.31. The number of amides is 1. The number of oxazole rings is 1. The molecule has 1 aromatic heterocycles. The maximum Gasteiger partial charge on any atom is 0.232 e. The summed E-state index contributed by atoms with van der Waals surface area (Å²) in [4.78, 5) is 16.2. The molecule has 2 rings (SSSR count). The molecule has 1 amide bonds. The normalized spacial score (nSPS) is 12.1. The predicted molar refractivity (Wildman–Crippen MR) is 91.0 cm³/mol. The Balaban J connectivity index is 1.89. The van der Waals surface area contributed by atoms with Crippen LogP contribution in [0.1, 0.15) is 26.0 Å². The second-order valence-corrected chi connectivity index (χ2v) is 6.66. The molecule has 0 bridgehead atoms. The highest BCUT2D eigenvalue weighted by molar-refractivity contribution is 7.99. The molecule has 0 saturated carbocycles. The van der Waals surface area contributed by atoms with Gasteiger partial charge in [-0.3, -0.25) is 4.79 Å². The number of carbonyl (C=O) groups excluding carboxylic acids is 1. The summed E-state index contributed by atoms with van der Waals surface area (Å²) in [6, 6.07) is 7.34. The van der Waals surface area contributed by atoms with E-state index in [-0.39, 0.29) is 11.2 Å². The van der Waals surface area contributed by atoms with Crippen LogP contribution >= 0.6 is 23.4 Å². The molecule has 4 nitrogen and oxygen atoms in total. The van der Waals surface area contributed by atoms with Gasteiger partial charge in [-0.1, -0.05) is 18.5 Å². The summed E-state index contributed by atoms with van der Waals surface area (Å²) in [7, 11) is 0. The fourth-order valence-electron chi connectivity index (χ4n) is 1.78. The zero-order valence-electron chi connectivity index (χ0n) is 12.6. The Labute approximate surface area is 139 Å². The van der Waals surface area contributed by atoms with E-state index in [1.165, 1.54) is 0 Å². The van der Waals surface area contributed by atoms with E-state index < -0.39 is 0 Å². The Morgan fingerprint density at radius 1 is 1.41 bits per heavy atom. The fourth-order valence-corrected chi connectivity index (χ4v) is 2.69. The molecule has 22 heavy (non-hydrogen) atoms. The lowest BCUT2D eigenvalue weighted by Gasteiger charge is -2.10. The van der Waals surface area contributed by atoms with Crippen LogP contribution in [0, 0.1) is 0 Å². The number of thioether (sulfide) groups is 1. The zero-order chi connectivity index (χ0) is 15.9. The molecule has 0 saturated heterocycles. The van der Waals surface area contributed by atoms with Gasteiger partial charge in [-0.05, 0) is 37.6 Å². The second-order valence-electron chi connectivity index (χ2n) is 4.90. The number of rotatable bonds is 7. The Morgan fingerprint density at radius 2 is 2.14 bits per heavy atom. The van der Waals surface area contributed by atoms with Gasteiger partial charge in [0, 0.05) is 22.9 Å². The highest BCUT2D eigenvalue weighted by Crippen LogP contribution is 2.23. The molecule has 0 aliphatic heterocycles. The number of carbonyl (C=O) groups is 1. The molecule has 2 aromatic rings. The summed E-state index contributed by atoms with van der Waals surface area (Å²) in [5.41, 5.74) is 1.71. The van der Waals surface area contributed by atoms with Gasteiger partial charge in [-0.2, -0.15) is 0 Å². The van der Waals surface area contributed by atoms with Crippen LogP contribution in [0.3, 0.4) is 0 Å². The van der Waals surface area contributed by atoms with Crippen molar-refractivity contribution in [2.24, 2.45) is 0 Å². The molecule has 0 fully saturated rings. The van der Waals surface area contributed by atoms with Crippen LogP contribution in [0.2, 0.25) is 5.02 Å². The summed E-state index contributed by atoms with van der Waals surface area (Å²) >= 11 is 7.41. The van der Waals surface area contributed by atoms with Crippen molar-refractivity contribution in [2.45, 2.75) is 31.3 Å². The monoisotopic (exact) mass is 338 g/mol. The van der Waals surface area contributed by atoms with E-state index in [9.17, 15) is 4.79 Å².